The summed E-state index contributed by atoms with van der Waals surface area (Å²) in [7, 11) is 0. The average Bonchev–Trinajstić information content (AvgIpc) is 3.19. The van der Waals surface area contributed by atoms with Gasteiger partial charge in [0.25, 0.3) is 5.91 Å². The fourth-order valence-electron chi connectivity index (χ4n) is 3.73. The minimum absolute atomic E-state index is 0.166. The summed E-state index contributed by atoms with van der Waals surface area (Å²) in [6.07, 6.45) is -1.54. The summed E-state index contributed by atoms with van der Waals surface area (Å²) < 4.78 is 17.4. The molecule has 45 heavy (non-hydrogen) atoms. The normalized spacial score (nSPS) is 15.7. The largest absolute Gasteiger partial charge is 0.458 e. The standard InChI is InChI=1S/C30H36Cl2N4O8S/c1-29(2,3)43-25(39)22(33-27(40)44-30(4,5)6)15-23(37)42-17-35-26(34-24(38)19-9-13-21(32)14-10-19)45-36(28(35)41)16-18-7-11-20(31)12-8-18/h7-14,22,26H,15-17H2,1-6H3,(H,33,40)(H,34,38). The van der Waals surface area contributed by atoms with Gasteiger partial charge in [-0.3, -0.25) is 18.8 Å². The van der Waals surface area contributed by atoms with Gasteiger partial charge in [-0.05, 0) is 83.5 Å². The van der Waals surface area contributed by atoms with Crippen LogP contribution in [0.25, 0.3) is 0 Å². The van der Waals surface area contributed by atoms with Crippen molar-refractivity contribution in [3.63, 3.8) is 0 Å². The Labute approximate surface area is 276 Å². The van der Waals surface area contributed by atoms with Crippen LogP contribution < -0.4 is 10.6 Å². The van der Waals surface area contributed by atoms with Crippen LogP contribution in [0.15, 0.2) is 48.5 Å². The molecule has 0 spiro atoms. The molecule has 15 heteroatoms. The highest BCUT2D eigenvalue weighted by Gasteiger charge is 2.41. The highest BCUT2D eigenvalue weighted by atomic mass is 35.5. The van der Waals surface area contributed by atoms with Crippen molar-refractivity contribution >= 4 is 65.1 Å². The lowest BCUT2D eigenvalue weighted by atomic mass is 10.1. The van der Waals surface area contributed by atoms with Crippen LogP contribution in [-0.4, -0.2) is 68.6 Å². The van der Waals surface area contributed by atoms with Crippen LogP contribution in [0.1, 0.15) is 63.9 Å². The molecular formula is C30H36Cl2N4O8S. The predicted octanol–water partition coefficient (Wildman–Crippen LogP) is 5.72. The molecule has 4 amide bonds. The Morgan fingerprint density at radius 1 is 0.889 bits per heavy atom. The number of carbonyl (C=O) groups excluding carboxylic acids is 5. The van der Waals surface area contributed by atoms with Crippen LogP contribution in [0, 0.1) is 0 Å². The van der Waals surface area contributed by atoms with Gasteiger partial charge in [0.15, 0.2) is 12.2 Å². The van der Waals surface area contributed by atoms with Crippen molar-refractivity contribution < 1.29 is 38.2 Å². The van der Waals surface area contributed by atoms with Gasteiger partial charge >= 0.3 is 24.1 Å². The molecule has 0 bridgehead atoms. The topological polar surface area (TPSA) is 144 Å². The first kappa shape index (κ1) is 35.8. The Hall–Kier alpha value is -3.68. The molecule has 1 heterocycles. The van der Waals surface area contributed by atoms with Gasteiger partial charge in [-0.25, -0.2) is 14.4 Å². The van der Waals surface area contributed by atoms with Crippen LogP contribution >= 0.6 is 35.1 Å². The maximum atomic E-state index is 13.4. The van der Waals surface area contributed by atoms with Gasteiger partial charge in [0, 0.05) is 27.6 Å². The Morgan fingerprint density at radius 3 is 2.00 bits per heavy atom. The molecule has 244 valence electrons. The Bertz CT molecular complexity index is 1390. The maximum Gasteiger partial charge on any atom is 0.408 e. The summed E-state index contributed by atoms with van der Waals surface area (Å²) in [6.45, 7) is 9.45. The van der Waals surface area contributed by atoms with Crippen LogP contribution in [0.3, 0.4) is 0 Å². The number of halogens is 2. The molecular weight excluding hydrogens is 647 g/mol. The lowest BCUT2D eigenvalue weighted by Gasteiger charge is -2.26. The van der Waals surface area contributed by atoms with E-state index >= 15 is 0 Å². The van der Waals surface area contributed by atoms with Gasteiger partial charge in [-0.15, -0.1) is 0 Å². The number of nitrogens with one attached hydrogen (secondary N) is 2. The van der Waals surface area contributed by atoms with Crippen molar-refractivity contribution in [2.24, 2.45) is 0 Å². The van der Waals surface area contributed by atoms with Crippen LogP contribution in [0.2, 0.25) is 10.0 Å². The van der Waals surface area contributed by atoms with Crippen LogP contribution in [0.5, 0.6) is 0 Å². The Kier molecular flexibility index (Phi) is 12.0. The zero-order chi connectivity index (χ0) is 33.5. The number of ether oxygens (including phenoxy) is 3. The second-order valence-corrected chi connectivity index (χ2v) is 13.9. The van der Waals surface area contributed by atoms with Crippen LogP contribution in [-0.2, 0) is 30.3 Å². The summed E-state index contributed by atoms with van der Waals surface area (Å²) in [4.78, 5) is 65.8. The molecule has 0 radical (unpaired) electrons. The van der Waals surface area contributed by atoms with E-state index in [-0.39, 0.29) is 6.54 Å². The van der Waals surface area contributed by atoms with E-state index in [0.29, 0.717) is 15.6 Å². The zero-order valence-corrected chi connectivity index (χ0v) is 28.0. The van der Waals surface area contributed by atoms with Crippen LogP contribution in [0.4, 0.5) is 9.59 Å². The minimum Gasteiger partial charge on any atom is -0.458 e. The van der Waals surface area contributed by atoms with Crippen molar-refractivity contribution in [1.29, 1.82) is 0 Å². The molecule has 1 aliphatic rings. The van der Waals surface area contributed by atoms with Gasteiger partial charge in [-0.1, -0.05) is 35.3 Å². The van der Waals surface area contributed by atoms with E-state index in [4.69, 9.17) is 37.4 Å². The molecule has 2 aromatic carbocycles. The highest BCUT2D eigenvalue weighted by Crippen LogP contribution is 2.32. The maximum absolute atomic E-state index is 13.4. The number of esters is 2. The Morgan fingerprint density at radius 2 is 1.44 bits per heavy atom. The van der Waals surface area contributed by atoms with E-state index in [1.807, 2.05) is 0 Å². The molecule has 2 aromatic rings. The number of nitrogens with zero attached hydrogens (tertiary/aromatic N) is 2. The fourth-order valence-corrected chi connectivity index (χ4v) is 5.07. The van der Waals surface area contributed by atoms with Gasteiger partial charge in [0.05, 0.1) is 13.0 Å². The van der Waals surface area contributed by atoms with E-state index in [2.05, 4.69) is 10.6 Å². The first-order chi connectivity index (χ1) is 20.9. The first-order valence-corrected chi connectivity index (χ1v) is 15.4. The molecule has 0 aromatic heterocycles. The molecule has 0 aliphatic carbocycles. The number of benzene rings is 2. The van der Waals surface area contributed by atoms with Gasteiger partial charge in [0.2, 0.25) is 0 Å². The highest BCUT2D eigenvalue weighted by molar-refractivity contribution is 7.98. The molecule has 2 atom stereocenters. The van der Waals surface area contributed by atoms with E-state index in [0.717, 1.165) is 22.4 Å². The third-order valence-electron chi connectivity index (χ3n) is 5.69. The number of carbonyl (C=O) groups is 5. The van der Waals surface area contributed by atoms with E-state index < -0.39 is 65.9 Å². The lowest BCUT2D eigenvalue weighted by molar-refractivity contribution is -0.161. The minimum atomic E-state index is -1.43. The van der Waals surface area contributed by atoms with Gasteiger partial charge < -0.3 is 24.8 Å². The molecule has 2 N–H and O–H groups in total. The molecule has 2 unspecified atom stereocenters. The molecule has 1 fully saturated rings. The smallest absolute Gasteiger partial charge is 0.408 e. The second kappa shape index (κ2) is 15.1. The number of amides is 4. The molecule has 0 saturated carbocycles. The third kappa shape index (κ3) is 11.6. The second-order valence-electron chi connectivity index (χ2n) is 11.9. The summed E-state index contributed by atoms with van der Waals surface area (Å²) in [6, 6.07) is 11.1. The summed E-state index contributed by atoms with van der Waals surface area (Å²) in [5.74, 6) is -2.29. The van der Waals surface area contributed by atoms with Crippen molar-refractivity contribution in [2.75, 3.05) is 6.73 Å². The van der Waals surface area contributed by atoms with Crippen molar-refractivity contribution in [3.8, 4) is 0 Å². The number of hydrogen-bond donors (Lipinski definition) is 2. The van der Waals surface area contributed by atoms with Crippen molar-refractivity contribution in [2.45, 2.75) is 77.2 Å². The quantitative estimate of drug-likeness (QED) is 0.183. The number of urea groups is 1. The van der Waals surface area contributed by atoms with Gasteiger partial charge in [0.1, 0.15) is 17.2 Å². The molecule has 1 saturated heterocycles. The average molecular weight is 684 g/mol. The summed E-state index contributed by atoms with van der Waals surface area (Å²) in [5.41, 5.74) is -1.65. The molecule has 1 aliphatic heterocycles. The summed E-state index contributed by atoms with van der Waals surface area (Å²) in [5, 5.41) is 6.10. The fraction of sp³-hybridized carbons (Fsp3) is 0.433. The van der Waals surface area contributed by atoms with E-state index in [1.54, 1.807) is 77.9 Å². The zero-order valence-electron chi connectivity index (χ0n) is 25.7. The number of rotatable bonds is 10. The van der Waals surface area contributed by atoms with E-state index in [1.165, 1.54) is 16.4 Å². The van der Waals surface area contributed by atoms with Gasteiger partial charge in [-0.2, -0.15) is 0 Å². The number of hydrogen-bond acceptors (Lipinski definition) is 9. The first-order valence-electron chi connectivity index (χ1n) is 13.8. The van der Waals surface area contributed by atoms with Crippen molar-refractivity contribution in [1.82, 2.24) is 19.8 Å². The monoisotopic (exact) mass is 682 g/mol. The van der Waals surface area contributed by atoms with Crippen molar-refractivity contribution in [3.05, 3.63) is 69.7 Å². The molecule has 12 nitrogen and oxygen atoms in total. The molecule has 3 rings (SSSR count). The lowest BCUT2D eigenvalue weighted by Crippen LogP contribution is -2.48. The van der Waals surface area contributed by atoms with E-state index in [9.17, 15) is 24.0 Å². The summed E-state index contributed by atoms with van der Waals surface area (Å²) >= 11 is 12.9. The Balaban J connectivity index is 1.74. The SMILES string of the molecule is CC(C)(C)OC(=O)NC(CC(=O)OCN1C(=O)N(Cc2ccc(Cl)cc2)SC1NC(=O)c1ccc(Cl)cc1)C(=O)OC(C)(C)C. The third-order valence-corrected chi connectivity index (χ3v) is 7.30. The number of alkyl carbamates (subject to hydrolysis) is 1. The predicted molar refractivity (Wildman–Crippen MR) is 169 cm³/mol.